The number of oxazole rings is 1. The molecule has 19 heavy (non-hydrogen) atoms. The third-order valence-corrected chi connectivity index (χ3v) is 3.04. The number of rotatable bonds is 5. The Labute approximate surface area is 115 Å². The van der Waals surface area contributed by atoms with Crippen LogP contribution in [0.1, 0.15) is 17.9 Å². The zero-order valence-corrected chi connectivity index (χ0v) is 11.2. The zero-order valence-electron chi connectivity index (χ0n) is 10.4. The van der Waals surface area contributed by atoms with Crippen LogP contribution in [-0.2, 0) is 6.42 Å². The maximum Gasteiger partial charge on any atom is 0.280 e. The van der Waals surface area contributed by atoms with Gasteiger partial charge >= 0.3 is 0 Å². The third-order valence-electron chi connectivity index (χ3n) is 2.77. The molecule has 1 aromatic heterocycles. The van der Waals surface area contributed by atoms with Crippen molar-refractivity contribution < 1.29 is 9.34 Å². The Bertz CT molecular complexity index is 595. The Morgan fingerprint density at radius 1 is 1.47 bits per heavy atom. The topological polar surface area (TPSA) is 69.2 Å². The lowest BCUT2D eigenvalue weighted by Gasteiger charge is -2.02. The fraction of sp³-hybridized carbons (Fsp3) is 0.308. The minimum Gasteiger partial charge on any atom is -0.440 e. The number of hydrogen-bond donors (Lipinski definition) is 0. The molecule has 0 saturated carbocycles. The largest absolute Gasteiger partial charge is 0.440 e. The maximum atomic E-state index is 11.1. The standard InChI is InChI=1S/C13H13ClN2O3/c1-9-4-2-5-10(16(17)18)13(9)11-8-15-12(19-11)6-3-7-14/h2,4-5,8H,3,6-7H2,1H3. The molecule has 0 fully saturated rings. The molecule has 0 N–H and O–H groups in total. The first-order chi connectivity index (χ1) is 9.13. The Kier molecular flexibility index (Phi) is 4.16. The maximum absolute atomic E-state index is 11.1. The van der Waals surface area contributed by atoms with Crippen molar-refractivity contribution in [3.8, 4) is 11.3 Å². The molecule has 0 aliphatic heterocycles. The van der Waals surface area contributed by atoms with Crippen molar-refractivity contribution in [2.24, 2.45) is 0 Å². The highest BCUT2D eigenvalue weighted by molar-refractivity contribution is 6.17. The summed E-state index contributed by atoms with van der Waals surface area (Å²) in [4.78, 5) is 14.8. The fourth-order valence-corrected chi connectivity index (χ4v) is 2.02. The molecule has 1 aromatic carbocycles. The van der Waals surface area contributed by atoms with Gasteiger partial charge in [-0.2, -0.15) is 0 Å². The van der Waals surface area contributed by atoms with E-state index in [1.165, 1.54) is 12.3 Å². The van der Waals surface area contributed by atoms with Crippen LogP contribution in [-0.4, -0.2) is 15.8 Å². The smallest absolute Gasteiger partial charge is 0.280 e. The summed E-state index contributed by atoms with van der Waals surface area (Å²) in [5.74, 6) is 1.50. The van der Waals surface area contributed by atoms with Crippen molar-refractivity contribution in [3.05, 3.63) is 46.0 Å². The summed E-state index contributed by atoms with van der Waals surface area (Å²) in [6.07, 6.45) is 2.92. The lowest BCUT2D eigenvalue weighted by Crippen LogP contribution is -1.93. The van der Waals surface area contributed by atoms with Crippen LogP contribution >= 0.6 is 11.6 Å². The summed E-state index contributed by atoms with van der Waals surface area (Å²) in [6, 6.07) is 4.92. The van der Waals surface area contributed by atoms with E-state index < -0.39 is 4.92 Å². The Morgan fingerprint density at radius 3 is 2.95 bits per heavy atom. The van der Waals surface area contributed by atoms with E-state index in [0.29, 0.717) is 29.5 Å². The quantitative estimate of drug-likeness (QED) is 0.475. The molecule has 0 saturated heterocycles. The molecule has 0 amide bonds. The molecule has 5 nitrogen and oxygen atoms in total. The van der Waals surface area contributed by atoms with Crippen molar-refractivity contribution in [2.45, 2.75) is 19.8 Å². The van der Waals surface area contributed by atoms with Crippen LogP contribution < -0.4 is 0 Å². The van der Waals surface area contributed by atoms with Gasteiger partial charge < -0.3 is 4.42 Å². The van der Waals surface area contributed by atoms with Gasteiger partial charge in [-0.15, -0.1) is 11.6 Å². The molecule has 0 aliphatic carbocycles. The second kappa shape index (κ2) is 5.84. The molecule has 100 valence electrons. The molecule has 0 spiro atoms. The minimum atomic E-state index is -0.413. The summed E-state index contributed by atoms with van der Waals surface area (Å²) in [5, 5.41) is 11.1. The first kappa shape index (κ1) is 13.5. The van der Waals surface area contributed by atoms with Gasteiger partial charge in [-0.3, -0.25) is 10.1 Å². The van der Waals surface area contributed by atoms with Gasteiger partial charge in [0.25, 0.3) is 5.69 Å². The number of nitro groups is 1. The Balaban J connectivity index is 2.41. The van der Waals surface area contributed by atoms with E-state index in [9.17, 15) is 10.1 Å². The summed E-state index contributed by atoms with van der Waals surface area (Å²) in [6.45, 7) is 1.81. The predicted octanol–water partition coefficient (Wildman–Crippen LogP) is 3.73. The van der Waals surface area contributed by atoms with Crippen LogP contribution in [0.5, 0.6) is 0 Å². The number of nitrogens with zero attached hydrogens (tertiary/aromatic N) is 2. The van der Waals surface area contributed by atoms with E-state index in [1.54, 1.807) is 6.07 Å². The Hall–Kier alpha value is -1.88. The number of halogens is 1. The lowest BCUT2D eigenvalue weighted by atomic mass is 10.1. The van der Waals surface area contributed by atoms with Crippen LogP contribution in [0.3, 0.4) is 0 Å². The number of nitro benzene ring substituents is 1. The second-order valence-corrected chi connectivity index (χ2v) is 4.51. The van der Waals surface area contributed by atoms with E-state index in [4.69, 9.17) is 16.0 Å². The van der Waals surface area contributed by atoms with E-state index in [2.05, 4.69) is 4.98 Å². The van der Waals surface area contributed by atoms with Gasteiger partial charge in [0, 0.05) is 18.4 Å². The van der Waals surface area contributed by atoms with E-state index in [-0.39, 0.29) is 5.69 Å². The molecule has 0 atom stereocenters. The summed E-state index contributed by atoms with van der Waals surface area (Å²) in [5.41, 5.74) is 1.30. The van der Waals surface area contributed by atoms with Crippen molar-refractivity contribution in [2.75, 3.05) is 5.88 Å². The highest BCUT2D eigenvalue weighted by atomic mass is 35.5. The first-order valence-corrected chi connectivity index (χ1v) is 6.42. The van der Waals surface area contributed by atoms with Crippen molar-refractivity contribution in [1.29, 1.82) is 0 Å². The predicted molar refractivity (Wildman–Crippen MR) is 72.4 cm³/mol. The average Bonchev–Trinajstić information content (AvgIpc) is 2.84. The lowest BCUT2D eigenvalue weighted by molar-refractivity contribution is -0.384. The van der Waals surface area contributed by atoms with Crippen LogP contribution in [0.4, 0.5) is 5.69 Å². The number of hydrogen-bond acceptors (Lipinski definition) is 4. The van der Waals surface area contributed by atoms with Crippen molar-refractivity contribution in [3.63, 3.8) is 0 Å². The molecule has 2 rings (SSSR count). The highest BCUT2D eigenvalue weighted by Crippen LogP contribution is 2.33. The normalized spacial score (nSPS) is 10.6. The van der Waals surface area contributed by atoms with Gasteiger partial charge in [0.05, 0.1) is 16.7 Å². The van der Waals surface area contributed by atoms with Gasteiger partial charge in [0.15, 0.2) is 11.7 Å². The van der Waals surface area contributed by atoms with Crippen LogP contribution in [0, 0.1) is 17.0 Å². The van der Waals surface area contributed by atoms with Gasteiger partial charge in [-0.25, -0.2) is 4.98 Å². The number of alkyl halides is 1. The van der Waals surface area contributed by atoms with Gasteiger partial charge in [0.2, 0.25) is 0 Å². The van der Waals surface area contributed by atoms with E-state index in [0.717, 1.165) is 12.0 Å². The number of aromatic nitrogens is 1. The molecule has 0 unspecified atom stereocenters. The van der Waals surface area contributed by atoms with Crippen LogP contribution in [0.15, 0.2) is 28.8 Å². The SMILES string of the molecule is Cc1cccc([N+](=O)[O-])c1-c1cnc(CCCCl)o1. The molecular formula is C13H13ClN2O3. The van der Waals surface area contributed by atoms with Gasteiger partial charge in [-0.1, -0.05) is 12.1 Å². The van der Waals surface area contributed by atoms with Gasteiger partial charge in [-0.05, 0) is 18.9 Å². The molecule has 1 heterocycles. The second-order valence-electron chi connectivity index (χ2n) is 4.14. The Morgan fingerprint density at radius 2 is 2.26 bits per heavy atom. The van der Waals surface area contributed by atoms with E-state index >= 15 is 0 Å². The summed E-state index contributed by atoms with van der Waals surface area (Å²) in [7, 11) is 0. The number of benzene rings is 1. The first-order valence-electron chi connectivity index (χ1n) is 5.88. The third kappa shape index (κ3) is 2.93. The average molecular weight is 281 g/mol. The minimum absolute atomic E-state index is 0.0278. The molecule has 0 radical (unpaired) electrons. The van der Waals surface area contributed by atoms with Crippen LogP contribution in [0.2, 0.25) is 0 Å². The molecule has 0 bridgehead atoms. The molecular weight excluding hydrogens is 268 g/mol. The monoisotopic (exact) mass is 280 g/mol. The van der Waals surface area contributed by atoms with E-state index in [1.807, 2.05) is 13.0 Å². The molecule has 0 aliphatic rings. The summed E-state index contributed by atoms with van der Waals surface area (Å²) >= 11 is 5.61. The summed E-state index contributed by atoms with van der Waals surface area (Å²) < 4.78 is 5.57. The number of aryl methyl sites for hydroxylation is 2. The fourth-order valence-electron chi connectivity index (χ4n) is 1.88. The van der Waals surface area contributed by atoms with Crippen molar-refractivity contribution >= 4 is 17.3 Å². The van der Waals surface area contributed by atoms with Gasteiger partial charge in [0.1, 0.15) is 0 Å². The zero-order chi connectivity index (χ0) is 13.8. The van der Waals surface area contributed by atoms with Crippen LogP contribution in [0.25, 0.3) is 11.3 Å². The molecule has 6 heteroatoms. The van der Waals surface area contributed by atoms with Crippen molar-refractivity contribution in [1.82, 2.24) is 4.98 Å². The molecule has 2 aromatic rings. The highest BCUT2D eigenvalue weighted by Gasteiger charge is 2.20.